The second-order valence-corrected chi connectivity index (χ2v) is 4.25. The first kappa shape index (κ1) is 10.3. The lowest BCUT2D eigenvalue weighted by atomic mass is 10.2. The van der Waals surface area contributed by atoms with E-state index >= 15 is 0 Å². The number of nitrogens with zero attached hydrogens (tertiary/aromatic N) is 1. The molecule has 0 aliphatic carbocycles. The molecule has 0 spiro atoms. The normalized spacial score (nSPS) is 10.6. The van der Waals surface area contributed by atoms with Gasteiger partial charge in [-0.2, -0.15) is 0 Å². The lowest BCUT2D eigenvalue weighted by Gasteiger charge is -2.02. The molecule has 0 fully saturated rings. The fraction of sp³-hybridized carbons (Fsp3) is 0. The highest BCUT2D eigenvalue weighted by molar-refractivity contribution is 7.18. The van der Waals surface area contributed by atoms with E-state index in [0.717, 1.165) is 17.4 Å². The minimum Gasteiger partial charge on any atom is -0.375 e. The van der Waals surface area contributed by atoms with Crippen LogP contribution in [0.2, 0.25) is 5.02 Å². The van der Waals surface area contributed by atoms with Gasteiger partial charge in [-0.05, 0) is 12.1 Å². The number of hydrogen-bond donors (Lipinski definition) is 1. The van der Waals surface area contributed by atoms with Gasteiger partial charge in [-0.25, -0.2) is 13.8 Å². The van der Waals surface area contributed by atoms with Crippen LogP contribution in [0.3, 0.4) is 0 Å². The quantitative estimate of drug-likeness (QED) is 0.784. The minimum absolute atomic E-state index is 0.00543. The van der Waals surface area contributed by atoms with Crippen molar-refractivity contribution >= 4 is 28.1 Å². The van der Waals surface area contributed by atoms with Crippen molar-refractivity contribution in [1.29, 1.82) is 0 Å². The number of nitrogen functional groups attached to an aromatic ring is 1. The van der Waals surface area contributed by atoms with Gasteiger partial charge in [0, 0.05) is 6.20 Å². The number of nitrogens with two attached hydrogens (primary N) is 1. The van der Waals surface area contributed by atoms with Crippen LogP contribution in [0.1, 0.15) is 0 Å². The van der Waals surface area contributed by atoms with Crippen LogP contribution in [-0.2, 0) is 0 Å². The summed E-state index contributed by atoms with van der Waals surface area (Å²) in [4.78, 5) is 4.17. The van der Waals surface area contributed by atoms with Gasteiger partial charge in [0.1, 0.15) is 0 Å². The second kappa shape index (κ2) is 3.75. The molecule has 2 aromatic rings. The Morgan fingerprint density at radius 3 is 2.67 bits per heavy atom. The van der Waals surface area contributed by atoms with E-state index in [9.17, 15) is 8.78 Å². The Balaban J connectivity index is 2.66. The van der Waals surface area contributed by atoms with Crippen LogP contribution in [0.4, 0.5) is 13.9 Å². The van der Waals surface area contributed by atoms with Crippen LogP contribution in [0.5, 0.6) is 0 Å². The molecule has 2 nitrogen and oxygen atoms in total. The Morgan fingerprint density at radius 2 is 2.07 bits per heavy atom. The Labute approximate surface area is 93.3 Å². The third-order valence-electron chi connectivity index (χ3n) is 1.81. The lowest BCUT2D eigenvalue weighted by molar-refractivity contribution is 0.511. The molecule has 0 bridgehead atoms. The SMILES string of the molecule is Nc1ncc(-c2c(Cl)ccc(F)c2F)s1. The van der Waals surface area contributed by atoms with Gasteiger partial charge in [-0.15, -0.1) is 0 Å². The maximum Gasteiger partial charge on any atom is 0.180 e. The molecule has 78 valence electrons. The highest BCUT2D eigenvalue weighted by atomic mass is 35.5. The van der Waals surface area contributed by atoms with Crippen LogP contribution >= 0.6 is 22.9 Å². The van der Waals surface area contributed by atoms with Crippen molar-refractivity contribution in [3.8, 4) is 10.4 Å². The van der Waals surface area contributed by atoms with E-state index in [1.165, 1.54) is 12.3 Å². The summed E-state index contributed by atoms with van der Waals surface area (Å²) in [6.07, 6.45) is 1.36. The van der Waals surface area contributed by atoms with Crippen molar-refractivity contribution in [3.05, 3.63) is 35.0 Å². The Hall–Kier alpha value is -1.20. The third-order valence-corrected chi connectivity index (χ3v) is 2.97. The standard InChI is InChI=1S/C9H5ClF2N2S/c10-4-1-2-5(11)8(12)7(4)6-3-14-9(13)15-6/h1-3H,(H2,13,14). The Kier molecular flexibility index (Phi) is 2.58. The lowest BCUT2D eigenvalue weighted by Crippen LogP contribution is -1.88. The van der Waals surface area contributed by atoms with E-state index in [4.69, 9.17) is 17.3 Å². The zero-order valence-electron chi connectivity index (χ0n) is 7.30. The van der Waals surface area contributed by atoms with Crippen molar-refractivity contribution in [3.63, 3.8) is 0 Å². The minimum atomic E-state index is -0.980. The second-order valence-electron chi connectivity index (χ2n) is 2.78. The van der Waals surface area contributed by atoms with Crippen LogP contribution in [0.15, 0.2) is 18.3 Å². The van der Waals surface area contributed by atoms with Crippen LogP contribution in [0, 0.1) is 11.6 Å². The molecule has 1 aromatic heterocycles. The van der Waals surface area contributed by atoms with Gasteiger partial charge >= 0.3 is 0 Å². The molecule has 0 aliphatic heterocycles. The van der Waals surface area contributed by atoms with Crippen molar-refractivity contribution in [2.24, 2.45) is 0 Å². The van der Waals surface area contributed by atoms with Gasteiger partial charge in [0.15, 0.2) is 16.8 Å². The van der Waals surface area contributed by atoms with Crippen LogP contribution < -0.4 is 5.73 Å². The summed E-state index contributed by atoms with van der Waals surface area (Å²) < 4.78 is 26.4. The number of thiazole rings is 1. The number of benzene rings is 1. The Morgan fingerprint density at radius 1 is 1.33 bits per heavy atom. The van der Waals surface area contributed by atoms with Gasteiger partial charge in [0.25, 0.3) is 0 Å². The predicted molar refractivity (Wildman–Crippen MR) is 56.9 cm³/mol. The molecule has 0 radical (unpaired) electrons. The van der Waals surface area contributed by atoms with E-state index in [-0.39, 0.29) is 15.7 Å². The highest BCUT2D eigenvalue weighted by Gasteiger charge is 2.16. The fourth-order valence-corrected chi connectivity index (χ4v) is 2.20. The van der Waals surface area contributed by atoms with Crippen LogP contribution in [0.25, 0.3) is 10.4 Å². The summed E-state index contributed by atoms with van der Waals surface area (Å²) in [7, 11) is 0. The van der Waals surface area contributed by atoms with E-state index in [0.29, 0.717) is 4.88 Å². The molecule has 0 saturated heterocycles. The summed E-state index contributed by atoms with van der Waals surface area (Å²) >= 11 is 6.83. The van der Waals surface area contributed by atoms with E-state index in [1.54, 1.807) is 0 Å². The van der Waals surface area contributed by atoms with E-state index in [1.807, 2.05) is 0 Å². The molecule has 0 unspecified atom stereocenters. The van der Waals surface area contributed by atoms with Gasteiger partial charge in [0.2, 0.25) is 0 Å². The topological polar surface area (TPSA) is 38.9 Å². The van der Waals surface area contributed by atoms with Gasteiger partial charge < -0.3 is 5.73 Å². The summed E-state index contributed by atoms with van der Waals surface area (Å²) in [5, 5.41) is 0.419. The summed E-state index contributed by atoms with van der Waals surface area (Å²) in [6.45, 7) is 0. The first-order valence-corrected chi connectivity index (χ1v) is 5.14. The third kappa shape index (κ3) is 1.80. The zero-order valence-corrected chi connectivity index (χ0v) is 8.87. The molecule has 0 aliphatic rings. The first-order chi connectivity index (χ1) is 7.09. The number of aromatic nitrogens is 1. The number of rotatable bonds is 1. The zero-order chi connectivity index (χ0) is 11.0. The number of anilines is 1. The molecule has 1 aromatic carbocycles. The molecule has 0 atom stereocenters. The average molecular weight is 247 g/mol. The van der Waals surface area contributed by atoms with Gasteiger partial charge in [-0.1, -0.05) is 22.9 Å². The summed E-state index contributed by atoms with van der Waals surface area (Å²) in [5.41, 5.74) is 5.41. The molecular weight excluding hydrogens is 242 g/mol. The summed E-state index contributed by atoms with van der Waals surface area (Å²) in [5.74, 6) is -1.92. The highest BCUT2D eigenvalue weighted by Crippen LogP contribution is 2.35. The molecule has 2 N–H and O–H groups in total. The van der Waals surface area contributed by atoms with Crippen molar-refractivity contribution in [1.82, 2.24) is 4.98 Å². The average Bonchev–Trinajstić information content (AvgIpc) is 2.59. The molecule has 0 saturated carbocycles. The predicted octanol–water partition coefficient (Wildman–Crippen LogP) is 3.32. The molecular formula is C9H5ClF2N2S. The molecule has 15 heavy (non-hydrogen) atoms. The maximum absolute atomic E-state index is 13.4. The van der Waals surface area contributed by atoms with Crippen LogP contribution in [-0.4, -0.2) is 4.98 Å². The monoisotopic (exact) mass is 246 g/mol. The van der Waals surface area contributed by atoms with Crippen molar-refractivity contribution < 1.29 is 8.78 Å². The molecule has 2 rings (SSSR count). The van der Waals surface area contributed by atoms with E-state index in [2.05, 4.69) is 4.98 Å². The molecule has 1 heterocycles. The van der Waals surface area contributed by atoms with Gasteiger partial charge in [-0.3, -0.25) is 0 Å². The summed E-state index contributed by atoms with van der Waals surface area (Å²) in [6, 6.07) is 2.27. The Bertz CT molecular complexity index is 513. The number of hydrogen-bond acceptors (Lipinski definition) is 3. The van der Waals surface area contributed by atoms with E-state index < -0.39 is 11.6 Å². The van der Waals surface area contributed by atoms with Crippen molar-refractivity contribution in [2.45, 2.75) is 0 Å². The van der Waals surface area contributed by atoms with Gasteiger partial charge in [0.05, 0.1) is 15.5 Å². The number of halogens is 3. The fourth-order valence-electron chi connectivity index (χ4n) is 1.16. The largest absolute Gasteiger partial charge is 0.375 e. The molecule has 6 heteroatoms. The smallest absolute Gasteiger partial charge is 0.180 e. The van der Waals surface area contributed by atoms with Crippen molar-refractivity contribution in [2.75, 3.05) is 5.73 Å². The first-order valence-electron chi connectivity index (χ1n) is 3.95. The molecule has 0 amide bonds. The maximum atomic E-state index is 13.4.